The number of rotatable bonds is 11. The normalized spacial score (nSPS) is 9.69. The fourth-order valence-corrected chi connectivity index (χ4v) is 2.75. The average Bonchev–Trinajstić information content (AvgIpc) is 2.61. The van der Waals surface area contributed by atoms with Gasteiger partial charge in [0.25, 0.3) is 0 Å². The molecule has 0 fully saturated rings. The van der Waals surface area contributed by atoms with Crippen LogP contribution in [0.2, 0.25) is 0 Å². The Hall–Kier alpha value is -1.26. The molecule has 0 aliphatic heterocycles. The van der Waals surface area contributed by atoms with Crippen LogP contribution in [0.25, 0.3) is 11.1 Å². The van der Waals surface area contributed by atoms with Gasteiger partial charge in [-0.15, -0.1) is 6.58 Å². The monoisotopic (exact) mass is 364 g/mol. The van der Waals surface area contributed by atoms with Gasteiger partial charge in [0.15, 0.2) is 0 Å². The van der Waals surface area contributed by atoms with Crippen LogP contribution in [-0.4, -0.2) is 17.2 Å². The van der Waals surface area contributed by atoms with Crippen molar-refractivity contribution >= 4 is 0 Å². The number of unbranched alkanes of at least 4 members (excludes halogenated alkanes) is 6. The number of phenols is 1. The molecule has 2 rings (SSSR count). The van der Waals surface area contributed by atoms with E-state index in [0.29, 0.717) is 0 Å². The summed E-state index contributed by atoms with van der Waals surface area (Å²) in [6, 6.07) is 15.3. The topological polar surface area (TPSA) is 59.5 Å². The minimum Gasteiger partial charge on any atom is -0.870 e. The number of hydrogen-bond acceptors (Lipinski definition) is 3. The number of aromatic hydroxyl groups is 1. The van der Waals surface area contributed by atoms with E-state index in [1.165, 1.54) is 32.1 Å². The summed E-state index contributed by atoms with van der Waals surface area (Å²) in [7, 11) is 0. The molecule has 2 aromatic carbocycles. The number of benzene rings is 2. The zero-order chi connectivity index (χ0) is 17.0. The first-order chi connectivity index (χ1) is 11.8. The van der Waals surface area contributed by atoms with Gasteiger partial charge in [-0.25, -0.2) is 0 Å². The Kier molecular flexibility index (Phi) is 14.1. The molecule has 0 amide bonds. The largest absolute Gasteiger partial charge is 1.00 e. The molecule has 0 saturated carbocycles. The van der Waals surface area contributed by atoms with E-state index in [1.54, 1.807) is 12.1 Å². The number of para-hydroxylation sites is 1. The zero-order valence-electron chi connectivity index (χ0n) is 15.9. The summed E-state index contributed by atoms with van der Waals surface area (Å²) in [4.78, 5) is 0. The second kappa shape index (κ2) is 14.9. The molecule has 0 aliphatic rings. The van der Waals surface area contributed by atoms with Crippen molar-refractivity contribution in [2.24, 2.45) is 0 Å². The van der Waals surface area contributed by atoms with Crippen molar-refractivity contribution in [2.75, 3.05) is 6.61 Å². The third-order valence-electron chi connectivity index (χ3n) is 4.13. The maximum Gasteiger partial charge on any atom is 1.00 e. The molecule has 0 atom stereocenters. The summed E-state index contributed by atoms with van der Waals surface area (Å²) in [6.45, 7) is 4.50. The Morgan fingerprint density at radius 1 is 0.846 bits per heavy atom. The first-order valence-corrected chi connectivity index (χ1v) is 8.93. The predicted octanol–water partition coefficient (Wildman–Crippen LogP) is 3.18. The maximum atomic E-state index is 9.43. The molecule has 3 nitrogen and oxygen atoms in total. The van der Waals surface area contributed by atoms with Crippen molar-refractivity contribution < 1.29 is 44.9 Å². The Morgan fingerprint density at radius 2 is 1.46 bits per heavy atom. The van der Waals surface area contributed by atoms with Gasteiger partial charge in [-0.1, -0.05) is 62.1 Å². The van der Waals surface area contributed by atoms with Crippen LogP contribution in [0, 0.1) is 0 Å². The van der Waals surface area contributed by atoms with Crippen LogP contribution in [0.4, 0.5) is 0 Å². The summed E-state index contributed by atoms with van der Waals surface area (Å²) in [5, 5.41) is 9.43. The number of allylic oxidation sites excluding steroid dienone is 1. The maximum absolute atomic E-state index is 9.43. The molecule has 4 heteroatoms. The van der Waals surface area contributed by atoms with Crippen LogP contribution in [0.3, 0.4) is 0 Å². The van der Waals surface area contributed by atoms with Gasteiger partial charge < -0.3 is 15.3 Å². The standard InChI is InChI=1S/C22H28O2.Na.H2O/c1-2-3-4-5-6-7-8-11-18-24-22-13-10-9-12-21(22)19-14-16-20(23)17-15-19;;/h2,9-10,12-17,23H,1,3-8,11,18H2;;1H2/q;+1;/p-1. The van der Waals surface area contributed by atoms with Crippen LogP contribution < -0.4 is 34.3 Å². The second-order valence-corrected chi connectivity index (χ2v) is 6.09. The Labute approximate surface area is 179 Å². The first-order valence-electron chi connectivity index (χ1n) is 8.93. The summed E-state index contributed by atoms with van der Waals surface area (Å²) >= 11 is 0. The molecule has 2 aromatic rings. The summed E-state index contributed by atoms with van der Waals surface area (Å²) in [5.41, 5.74) is 2.13. The molecule has 0 aromatic heterocycles. The first kappa shape index (κ1) is 24.7. The van der Waals surface area contributed by atoms with E-state index in [1.807, 2.05) is 36.4 Å². The number of ether oxygens (including phenoxy) is 1. The second-order valence-electron chi connectivity index (χ2n) is 6.09. The SMILES string of the molecule is C=CCCCCCCCCOc1ccccc1-c1ccc(O)cc1.[Na+].[OH-]. The summed E-state index contributed by atoms with van der Waals surface area (Å²) < 4.78 is 5.99. The fraction of sp³-hybridized carbons (Fsp3) is 0.364. The van der Waals surface area contributed by atoms with Crippen LogP contribution in [0.1, 0.15) is 44.9 Å². The molecular formula is C22H29NaO3. The van der Waals surface area contributed by atoms with Gasteiger partial charge in [0.2, 0.25) is 0 Å². The smallest absolute Gasteiger partial charge is 0.870 e. The quantitative estimate of drug-likeness (QED) is 0.378. The zero-order valence-corrected chi connectivity index (χ0v) is 17.9. The molecule has 0 bridgehead atoms. The van der Waals surface area contributed by atoms with Crippen LogP contribution in [-0.2, 0) is 0 Å². The molecule has 26 heavy (non-hydrogen) atoms. The van der Waals surface area contributed by atoms with Crippen molar-refractivity contribution in [2.45, 2.75) is 44.9 Å². The van der Waals surface area contributed by atoms with Crippen LogP contribution in [0.15, 0.2) is 61.2 Å². The van der Waals surface area contributed by atoms with E-state index in [9.17, 15) is 5.11 Å². The predicted molar refractivity (Wildman–Crippen MR) is 103 cm³/mol. The van der Waals surface area contributed by atoms with E-state index < -0.39 is 0 Å². The number of phenolic OH excluding ortho intramolecular Hbond substituents is 1. The van der Waals surface area contributed by atoms with E-state index in [2.05, 4.69) is 12.6 Å². The molecule has 0 aliphatic carbocycles. The minimum absolute atomic E-state index is 0. The number of hydrogen-bond donors (Lipinski definition) is 1. The van der Waals surface area contributed by atoms with Crippen molar-refractivity contribution in [1.29, 1.82) is 0 Å². The van der Waals surface area contributed by atoms with Gasteiger partial charge in [0, 0.05) is 5.56 Å². The van der Waals surface area contributed by atoms with Crippen LogP contribution in [0.5, 0.6) is 11.5 Å². The van der Waals surface area contributed by atoms with Crippen LogP contribution >= 0.6 is 0 Å². The Balaban J connectivity index is 0.00000312. The van der Waals surface area contributed by atoms with Gasteiger partial charge in [-0.3, -0.25) is 0 Å². The molecular weight excluding hydrogens is 335 g/mol. The van der Waals surface area contributed by atoms with Gasteiger partial charge in [0.1, 0.15) is 11.5 Å². The van der Waals surface area contributed by atoms with E-state index >= 15 is 0 Å². The van der Waals surface area contributed by atoms with E-state index in [-0.39, 0.29) is 40.8 Å². The van der Waals surface area contributed by atoms with Gasteiger partial charge in [-0.05, 0) is 43.0 Å². The van der Waals surface area contributed by atoms with Crippen molar-refractivity contribution in [3.8, 4) is 22.6 Å². The third-order valence-corrected chi connectivity index (χ3v) is 4.13. The van der Waals surface area contributed by atoms with Crippen molar-refractivity contribution in [1.82, 2.24) is 0 Å². The molecule has 0 saturated heterocycles. The molecule has 136 valence electrons. The van der Waals surface area contributed by atoms with Crippen molar-refractivity contribution in [3.05, 3.63) is 61.2 Å². The summed E-state index contributed by atoms with van der Waals surface area (Å²) in [6.07, 6.45) is 10.6. The molecule has 0 spiro atoms. The third kappa shape index (κ3) is 8.91. The molecule has 0 unspecified atom stereocenters. The van der Waals surface area contributed by atoms with Crippen molar-refractivity contribution in [3.63, 3.8) is 0 Å². The fourth-order valence-electron chi connectivity index (χ4n) is 2.75. The molecule has 2 N–H and O–H groups in total. The Bertz CT molecular complexity index is 611. The average molecular weight is 364 g/mol. The van der Waals surface area contributed by atoms with E-state index in [4.69, 9.17) is 4.74 Å². The van der Waals surface area contributed by atoms with Gasteiger partial charge in [-0.2, -0.15) is 0 Å². The Morgan fingerprint density at radius 3 is 2.15 bits per heavy atom. The van der Waals surface area contributed by atoms with Gasteiger partial charge in [0.05, 0.1) is 6.61 Å². The van der Waals surface area contributed by atoms with Gasteiger partial charge >= 0.3 is 29.6 Å². The summed E-state index contributed by atoms with van der Waals surface area (Å²) in [5.74, 6) is 1.19. The van der Waals surface area contributed by atoms with E-state index in [0.717, 1.165) is 36.3 Å². The molecule has 0 heterocycles. The minimum atomic E-state index is 0. The molecule has 0 radical (unpaired) electrons.